The first-order valence-corrected chi connectivity index (χ1v) is 10.7. The molecule has 29 heavy (non-hydrogen) atoms. The van der Waals surface area contributed by atoms with E-state index in [0.29, 0.717) is 22.6 Å². The summed E-state index contributed by atoms with van der Waals surface area (Å²) in [6, 6.07) is 15.0. The second kappa shape index (κ2) is 9.71. The van der Waals surface area contributed by atoms with Crippen LogP contribution >= 0.6 is 11.8 Å². The number of para-hydroxylation sites is 2. The Hall–Kier alpha value is -2.64. The van der Waals surface area contributed by atoms with Crippen molar-refractivity contribution < 1.29 is 9.69 Å². The van der Waals surface area contributed by atoms with Gasteiger partial charge in [0.25, 0.3) is 5.56 Å². The second-order valence-corrected chi connectivity index (χ2v) is 8.27. The van der Waals surface area contributed by atoms with Gasteiger partial charge < -0.3 is 10.2 Å². The Morgan fingerprint density at radius 1 is 1.14 bits per heavy atom. The minimum Gasteiger partial charge on any atom is -0.340 e. The molecule has 1 amide bonds. The zero-order valence-electron chi connectivity index (χ0n) is 17.1. The van der Waals surface area contributed by atoms with E-state index in [-0.39, 0.29) is 17.2 Å². The third-order valence-electron chi connectivity index (χ3n) is 4.64. The van der Waals surface area contributed by atoms with Crippen molar-refractivity contribution in [3.05, 3.63) is 64.4 Å². The zero-order valence-corrected chi connectivity index (χ0v) is 17.9. The topological polar surface area (TPSA) is 68.4 Å². The number of nitrogens with zero attached hydrogens (tertiary/aromatic N) is 2. The van der Waals surface area contributed by atoms with Crippen molar-refractivity contribution in [3.63, 3.8) is 0 Å². The average molecular weight is 412 g/mol. The molecule has 152 valence electrons. The number of hydrogen-bond acceptors (Lipinski definition) is 4. The molecule has 2 N–H and O–H groups in total. The Morgan fingerprint density at radius 3 is 2.62 bits per heavy atom. The number of benzene rings is 2. The van der Waals surface area contributed by atoms with Crippen molar-refractivity contribution in [2.75, 3.05) is 31.7 Å². The molecule has 0 unspecified atom stereocenters. The van der Waals surface area contributed by atoms with E-state index < -0.39 is 0 Å². The van der Waals surface area contributed by atoms with Crippen LogP contribution in [0.25, 0.3) is 10.9 Å². The van der Waals surface area contributed by atoms with Gasteiger partial charge in [-0.15, -0.1) is 0 Å². The minimum absolute atomic E-state index is 0.0498. The maximum Gasteiger partial charge on any atom is 0.262 e. The van der Waals surface area contributed by atoms with E-state index in [0.717, 1.165) is 24.2 Å². The monoisotopic (exact) mass is 411 g/mol. The number of thioether (sulfide) groups is 1. The largest absolute Gasteiger partial charge is 0.340 e. The minimum atomic E-state index is -0.115. The molecule has 0 aliphatic rings. The first-order valence-electron chi connectivity index (χ1n) is 9.72. The van der Waals surface area contributed by atoms with E-state index >= 15 is 0 Å². The van der Waals surface area contributed by atoms with Gasteiger partial charge in [0.2, 0.25) is 5.91 Å². The molecule has 0 bridgehead atoms. The normalized spacial score (nSPS) is 11.2. The Balaban J connectivity index is 1.80. The number of quaternary nitrogens is 1. The summed E-state index contributed by atoms with van der Waals surface area (Å²) in [5, 5.41) is 4.13. The van der Waals surface area contributed by atoms with Crippen LogP contribution < -0.4 is 15.8 Å². The van der Waals surface area contributed by atoms with Crippen LogP contribution in [0, 0.1) is 6.92 Å². The van der Waals surface area contributed by atoms with Gasteiger partial charge in [-0.2, -0.15) is 0 Å². The molecular formula is C22H27N4O2S+. The maximum atomic E-state index is 13.0. The van der Waals surface area contributed by atoms with Crippen molar-refractivity contribution in [1.29, 1.82) is 0 Å². The molecule has 0 spiro atoms. The fourth-order valence-corrected chi connectivity index (χ4v) is 3.90. The first-order chi connectivity index (χ1) is 14.0. The highest BCUT2D eigenvalue weighted by atomic mass is 32.2. The Labute approximate surface area is 174 Å². The van der Waals surface area contributed by atoms with Crippen LogP contribution in [-0.2, 0) is 11.3 Å². The molecule has 2 aromatic carbocycles. The van der Waals surface area contributed by atoms with Gasteiger partial charge in [0.05, 0.1) is 37.3 Å². The molecule has 7 heteroatoms. The van der Waals surface area contributed by atoms with Gasteiger partial charge in [-0.3, -0.25) is 14.2 Å². The van der Waals surface area contributed by atoms with E-state index in [1.165, 1.54) is 16.7 Å². The number of rotatable bonds is 8. The molecule has 0 saturated carbocycles. The van der Waals surface area contributed by atoms with Crippen LogP contribution in [0.2, 0.25) is 0 Å². The smallest absolute Gasteiger partial charge is 0.262 e. The third-order valence-corrected chi connectivity index (χ3v) is 5.61. The van der Waals surface area contributed by atoms with Gasteiger partial charge in [0.1, 0.15) is 0 Å². The summed E-state index contributed by atoms with van der Waals surface area (Å²) >= 11 is 1.30. The van der Waals surface area contributed by atoms with Gasteiger partial charge in [-0.25, -0.2) is 4.98 Å². The standard InChI is InChI=1S/C22H26N4O2S/c1-16-9-4-6-11-18(16)23-20(27)15-29-22-24-19-12-7-5-10-17(19)21(28)26(22)14-8-13-25(2)3/h4-7,9-12H,8,13-15H2,1-3H3,(H,23,27)/p+1. The molecule has 0 aliphatic carbocycles. The summed E-state index contributed by atoms with van der Waals surface area (Å²) in [4.78, 5) is 31.5. The second-order valence-electron chi connectivity index (χ2n) is 7.33. The van der Waals surface area contributed by atoms with Crippen LogP contribution in [0.3, 0.4) is 0 Å². The summed E-state index contributed by atoms with van der Waals surface area (Å²) in [5.74, 6) is 0.0777. The van der Waals surface area contributed by atoms with E-state index in [4.69, 9.17) is 0 Å². The number of fused-ring (bicyclic) bond motifs is 1. The summed E-state index contributed by atoms with van der Waals surface area (Å²) in [7, 11) is 4.18. The number of amides is 1. The lowest BCUT2D eigenvalue weighted by atomic mass is 10.2. The van der Waals surface area contributed by atoms with E-state index in [2.05, 4.69) is 24.4 Å². The fourth-order valence-electron chi connectivity index (χ4n) is 3.08. The van der Waals surface area contributed by atoms with Gasteiger partial charge in [0.15, 0.2) is 5.16 Å². The van der Waals surface area contributed by atoms with E-state index in [1.54, 1.807) is 10.6 Å². The molecule has 1 heterocycles. The fraction of sp³-hybridized carbons (Fsp3) is 0.318. The number of aryl methyl sites for hydroxylation is 1. The average Bonchev–Trinajstić information content (AvgIpc) is 2.70. The predicted molar refractivity (Wildman–Crippen MR) is 119 cm³/mol. The number of nitrogens with one attached hydrogen (secondary N) is 2. The number of hydrogen-bond donors (Lipinski definition) is 2. The van der Waals surface area contributed by atoms with Crippen LogP contribution in [0.4, 0.5) is 5.69 Å². The van der Waals surface area contributed by atoms with Crippen molar-refractivity contribution in [1.82, 2.24) is 9.55 Å². The summed E-state index contributed by atoms with van der Waals surface area (Å²) < 4.78 is 1.71. The van der Waals surface area contributed by atoms with Crippen LogP contribution in [0.15, 0.2) is 58.5 Å². The molecule has 0 aliphatic heterocycles. The molecule has 0 radical (unpaired) electrons. The SMILES string of the molecule is Cc1ccccc1NC(=O)CSc1nc2ccccc2c(=O)n1CCC[NH+](C)C. The molecule has 0 fully saturated rings. The lowest BCUT2D eigenvalue weighted by Gasteiger charge is -2.14. The zero-order chi connectivity index (χ0) is 20.8. The molecule has 6 nitrogen and oxygen atoms in total. The lowest BCUT2D eigenvalue weighted by Crippen LogP contribution is -3.05. The first kappa shape index (κ1) is 21.1. The highest BCUT2D eigenvalue weighted by molar-refractivity contribution is 7.99. The van der Waals surface area contributed by atoms with E-state index in [9.17, 15) is 9.59 Å². The molecule has 3 rings (SSSR count). The molecule has 3 aromatic rings. The van der Waals surface area contributed by atoms with Gasteiger partial charge in [-0.05, 0) is 30.7 Å². The maximum absolute atomic E-state index is 13.0. The van der Waals surface area contributed by atoms with Crippen LogP contribution in [-0.4, -0.2) is 41.9 Å². The number of carbonyl (C=O) groups excluding carboxylic acids is 1. The van der Waals surface area contributed by atoms with E-state index in [1.807, 2.05) is 49.4 Å². The molecule has 0 atom stereocenters. The summed E-state index contributed by atoms with van der Waals surface area (Å²) in [6.45, 7) is 3.50. The highest BCUT2D eigenvalue weighted by Crippen LogP contribution is 2.19. The van der Waals surface area contributed by atoms with Gasteiger partial charge in [0, 0.05) is 18.7 Å². The molecule has 0 saturated heterocycles. The lowest BCUT2D eigenvalue weighted by molar-refractivity contribution is -0.858. The predicted octanol–water partition coefficient (Wildman–Crippen LogP) is 1.97. The third kappa shape index (κ3) is 5.46. The van der Waals surface area contributed by atoms with Crippen molar-refractivity contribution in [2.24, 2.45) is 0 Å². The van der Waals surface area contributed by atoms with Crippen molar-refractivity contribution in [3.8, 4) is 0 Å². The molecule has 1 aromatic heterocycles. The van der Waals surface area contributed by atoms with Crippen LogP contribution in [0.1, 0.15) is 12.0 Å². The molecular weight excluding hydrogens is 384 g/mol. The van der Waals surface area contributed by atoms with Crippen LogP contribution in [0.5, 0.6) is 0 Å². The van der Waals surface area contributed by atoms with Crippen molar-refractivity contribution >= 4 is 34.3 Å². The van der Waals surface area contributed by atoms with Crippen molar-refractivity contribution in [2.45, 2.75) is 25.0 Å². The van der Waals surface area contributed by atoms with Gasteiger partial charge >= 0.3 is 0 Å². The number of anilines is 1. The highest BCUT2D eigenvalue weighted by Gasteiger charge is 2.14. The summed E-state index contributed by atoms with van der Waals surface area (Å²) in [6.07, 6.45) is 0.866. The number of carbonyl (C=O) groups is 1. The number of aromatic nitrogens is 2. The Kier molecular flexibility index (Phi) is 7.06. The summed E-state index contributed by atoms with van der Waals surface area (Å²) in [5.41, 5.74) is 2.42. The van der Waals surface area contributed by atoms with Gasteiger partial charge in [-0.1, -0.05) is 42.1 Å². The Bertz CT molecular complexity index is 1060. The quantitative estimate of drug-likeness (QED) is 0.439. The Morgan fingerprint density at radius 2 is 1.86 bits per heavy atom.